The second-order valence-electron chi connectivity index (χ2n) is 4.10. The zero-order valence-corrected chi connectivity index (χ0v) is 9.16. The van der Waals surface area contributed by atoms with Gasteiger partial charge in [0.25, 0.3) is 5.91 Å². The highest BCUT2D eigenvalue weighted by atomic mass is 16.2. The molecule has 0 spiro atoms. The van der Waals surface area contributed by atoms with Crippen LogP contribution in [0.4, 0.5) is 5.69 Å². The van der Waals surface area contributed by atoms with E-state index in [-0.39, 0.29) is 5.91 Å². The number of likely N-dealkylation sites (N-methyl/N-ethyl adjacent to an activating group) is 1. The fraction of sp³-hybridized carbons (Fsp3) is 0.417. The Kier molecular flexibility index (Phi) is 2.39. The second kappa shape index (κ2) is 3.57. The van der Waals surface area contributed by atoms with Crippen molar-refractivity contribution in [3.8, 4) is 0 Å². The van der Waals surface area contributed by atoms with Crippen LogP contribution in [-0.2, 0) is 0 Å². The molecule has 0 aromatic heterocycles. The zero-order chi connectivity index (χ0) is 11.0. The van der Waals surface area contributed by atoms with Gasteiger partial charge in [0.1, 0.15) is 0 Å². The minimum absolute atomic E-state index is 0.0489. The van der Waals surface area contributed by atoms with E-state index in [4.69, 9.17) is 5.73 Å². The summed E-state index contributed by atoms with van der Waals surface area (Å²) in [5.41, 5.74) is 8.28. The topological polar surface area (TPSA) is 46.3 Å². The van der Waals surface area contributed by atoms with Gasteiger partial charge < -0.3 is 10.6 Å². The van der Waals surface area contributed by atoms with Crippen LogP contribution in [-0.4, -0.2) is 24.4 Å². The fourth-order valence-corrected chi connectivity index (χ4v) is 2.23. The maximum Gasteiger partial charge on any atom is 0.255 e. The third-order valence-corrected chi connectivity index (χ3v) is 3.12. The van der Waals surface area contributed by atoms with Crippen LogP contribution in [0.1, 0.15) is 35.2 Å². The lowest BCUT2D eigenvalue weighted by Crippen LogP contribution is -2.37. The molecular formula is C12H16N2O. The van der Waals surface area contributed by atoms with Crippen LogP contribution in [0.15, 0.2) is 18.2 Å². The van der Waals surface area contributed by atoms with Crippen molar-refractivity contribution in [3.05, 3.63) is 29.3 Å². The van der Waals surface area contributed by atoms with Crippen molar-refractivity contribution in [2.75, 3.05) is 19.3 Å². The van der Waals surface area contributed by atoms with Gasteiger partial charge in [0.15, 0.2) is 0 Å². The number of nitrogens with two attached hydrogens (primary N) is 1. The Morgan fingerprint density at radius 1 is 1.53 bits per heavy atom. The predicted molar refractivity (Wildman–Crippen MR) is 60.8 cm³/mol. The molecule has 3 heteroatoms. The molecule has 80 valence electrons. The SMILES string of the molecule is CCC1CN(C)C(=O)c2c(N)cccc21. The first-order chi connectivity index (χ1) is 7.15. The second-order valence-corrected chi connectivity index (χ2v) is 4.10. The number of benzene rings is 1. The Balaban J connectivity index is 2.58. The number of rotatable bonds is 1. The highest BCUT2D eigenvalue weighted by Gasteiger charge is 2.29. The molecule has 1 atom stereocenters. The summed E-state index contributed by atoms with van der Waals surface area (Å²) in [5, 5.41) is 0. The van der Waals surface area contributed by atoms with Crippen LogP contribution >= 0.6 is 0 Å². The highest BCUT2D eigenvalue weighted by molar-refractivity contribution is 6.01. The Morgan fingerprint density at radius 2 is 2.27 bits per heavy atom. The number of anilines is 1. The van der Waals surface area contributed by atoms with Crippen molar-refractivity contribution >= 4 is 11.6 Å². The quantitative estimate of drug-likeness (QED) is 0.709. The van der Waals surface area contributed by atoms with Gasteiger partial charge >= 0.3 is 0 Å². The van der Waals surface area contributed by atoms with Crippen molar-refractivity contribution in [3.63, 3.8) is 0 Å². The number of carbonyl (C=O) groups excluding carboxylic acids is 1. The van der Waals surface area contributed by atoms with E-state index in [1.165, 1.54) is 0 Å². The fourth-order valence-electron chi connectivity index (χ4n) is 2.23. The summed E-state index contributed by atoms with van der Waals surface area (Å²) < 4.78 is 0. The molecule has 1 amide bonds. The Hall–Kier alpha value is -1.51. The number of hydrogen-bond donors (Lipinski definition) is 1. The van der Waals surface area contributed by atoms with Gasteiger partial charge in [-0.15, -0.1) is 0 Å². The molecule has 3 nitrogen and oxygen atoms in total. The zero-order valence-electron chi connectivity index (χ0n) is 9.16. The van der Waals surface area contributed by atoms with Crippen molar-refractivity contribution in [1.29, 1.82) is 0 Å². The average molecular weight is 204 g/mol. The maximum atomic E-state index is 11.9. The number of nitrogen functional groups attached to an aromatic ring is 1. The van der Waals surface area contributed by atoms with E-state index in [1.54, 1.807) is 11.0 Å². The van der Waals surface area contributed by atoms with Crippen LogP contribution in [0.2, 0.25) is 0 Å². The third kappa shape index (κ3) is 1.48. The normalized spacial score (nSPS) is 20.3. The molecular weight excluding hydrogens is 188 g/mol. The summed E-state index contributed by atoms with van der Waals surface area (Å²) in [6, 6.07) is 5.74. The Morgan fingerprint density at radius 3 is 2.93 bits per heavy atom. The van der Waals surface area contributed by atoms with Gasteiger partial charge in [0.2, 0.25) is 0 Å². The lowest BCUT2D eigenvalue weighted by atomic mass is 9.87. The summed E-state index contributed by atoms with van der Waals surface area (Å²) in [6.07, 6.45) is 1.04. The molecule has 1 aromatic rings. The van der Waals surface area contributed by atoms with Gasteiger partial charge in [-0.2, -0.15) is 0 Å². The van der Waals surface area contributed by atoms with Crippen molar-refractivity contribution in [1.82, 2.24) is 4.90 Å². The molecule has 15 heavy (non-hydrogen) atoms. The van der Waals surface area contributed by atoms with E-state index in [9.17, 15) is 4.79 Å². The Labute approximate surface area is 89.9 Å². The number of amides is 1. The van der Waals surface area contributed by atoms with Crippen LogP contribution in [0.5, 0.6) is 0 Å². The van der Waals surface area contributed by atoms with Gasteiger partial charge in [-0.25, -0.2) is 0 Å². The van der Waals surface area contributed by atoms with Crippen molar-refractivity contribution in [2.45, 2.75) is 19.3 Å². The summed E-state index contributed by atoms with van der Waals surface area (Å²) in [5.74, 6) is 0.471. The lowest BCUT2D eigenvalue weighted by Gasteiger charge is -2.32. The van der Waals surface area contributed by atoms with Gasteiger partial charge in [0, 0.05) is 25.2 Å². The molecule has 1 unspecified atom stereocenters. The molecule has 0 fully saturated rings. The molecule has 0 saturated heterocycles. The molecule has 1 aliphatic heterocycles. The van der Waals surface area contributed by atoms with Gasteiger partial charge in [-0.1, -0.05) is 19.1 Å². The molecule has 2 rings (SSSR count). The van der Waals surface area contributed by atoms with Crippen LogP contribution in [0.3, 0.4) is 0 Å². The first-order valence-electron chi connectivity index (χ1n) is 5.29. The molecule has 1 aliphatic rings. The number of carbonyl (C=O) groups is 1. The van der Waals surface area contributed by atoms with Gasteiger partial charge in [0.05, 0.1) is 5.56 Å². The van der Waals surface area contributed by atoms with Gasteiger partial charge in [-0.05, 0) is 18.1 Å². The molecule has 1 heterocycles. The minimum Gasteiger partial charge on any atom is -0.398 e. The lowest BCUT2D eigenvalue weighted by molar-refractivity contribution is 0.0765. The van der Waals surface area contributed by atoms with E-state index in [2.05, 4.69) is 6.92 Å². The number of nitrogens with zero attached hydrogens (tertiary/aromatic N) is 1. The van der Waals surface area contributed by atoms with E-state index >= 15 is 0 Å². The molecule has 2 N–H and O–H groups in total. The monoisotopic (exact) mass is 204 g/mol. The third-order valence-electron chi connectivity index (χ3n) is 3.12. The van der Waals surface area contributed by atoms with Crippen LogP contribution in [0.25, 0.3) is 0 Å². The highest BCUT2D eigenvalue weighted by Crippen LogP contribution is 2.32. The van der Waals surface area contributed by atoms with E-state index < -0.39 is 0 Å². The van der Waals surface area contributed by atoms with E-state index in [1.807, 2.05) is 19.2 Å². The van der Waals surface area contributed by atoms with Gasteiger partial charge in [-0.3, -0.25) is 4.79 Å². The first kappa shape index (κ1) is 10.0. The van der Waals surface area contributed by atoms with E-state index in [0.29, 0.717) is 17.2 Å². The average Bonchev–Trinajstić information content (AvgIpc) is 2.23. The smallest absolute Gasteiger partial charge is 0.255 e. The summed E-state index contributed by atoms with van der Waals surface area (Å²) in [4.78, 5) is 13.7. The minimum atomic E-state index is 0.0489. The van der Waals surface area contributed by atoms with Crippen LogP contribution < -0.4 is 5.73 Å². The summed E-state index contributed by atoms with van der Waals surface area (Å²) in [7, 11) is 1.83. The molecule has 0 aliphatic carbocycles. The number of hydrogen-bond acceptors (Lipinski definition) is 2. The summed E-state index contributed by atoms with van der Waals surface area (Å²) >= 11 is 0. The number of fused-ring (bicyclic) bond motifs is 1. The molecule has 0 radical (unpaired) electrons. The van der Waals surface area contributed by atoms with Crippen molar-refractivity contribution in [2.24, 2.45) is 0 Å². The van der Waals surface area contributed by atoms with Crippen LogP contribution in [0, 0.1) is 0 Å². The first-order valence-corrected chi connectivity index (χ1v) is 5.29. The van der Waals surface area contributed by atoms with Crippen molar-refractivity contribution < 1.29 is 4.79 Å². The maximum absolute atomic E-state index is 11.9. The molecule has 1 aromatic carbocycles. The van der Waals surface area contributed by atoms with E-state index in [0.717, 1.165) is 18.5 Å². The Bertz CT molecular complexity index is 401. The molecule has 0 saturated carbocycles. The summed E-state index contributed by atoms with van der Waals surface area (Å²) in [6.45, 7) is 2.94. The largest absolute Gasteiger partial charge is 0.398 e. The predicted octanol–water partition coefficient (Wildman–Crippen LogP) is 1.85. The molecule has 0 bridgehead atoms. The standard InChI is InChI=1S/C12H16N2O/c1-3-8-7-14(2)12(15)11-9(8)5-4-6-10(11)13/h4-6,8H,3,7,13H2,1-2H3.